The second-order valence-electron chi connectivity index (χ2n) is 2.65. The molecule has 74 valence electrons. The van der Waals surface area contributed by atoms with Crippen LogP contribution in [0.25, 0.3) is 0 Å². The highest BCUT2D eigenvalue weighted by Crippen LogP contribution is 1.98. The van der Waals surface area contributed by atoms with Crippen LogP contribution in [0.15, 0.2) is 0 Å². The van der Waals surface area contributed by atoms with Crippen LogP contribution in [-0.2, 0) is 14.4 Å². The van der Waals surface area contributed by atoms with Crippen LogP contribution in [-0.4, -0.2) is 28.8 Å². The zero-order valence-corrected chi connectivity index (χ0v) is 7.03. The number of carboxylic acids is 1. The summed E-state index contributed by atoms with van der Waals surface area (Å²) < 4.78 is 0. The molecule has 1 amide bonds. The molecule has 0 heterocycles. The summed E-state index contributed by atoms with van der Waals surface area (Å²) in [5, 5.41) is 8.27. The molecule has 0 saturated carbocycles. The first-order valence-electron chi connectivity index (χ1n) is 3.72. The molecule has 0 aromatic heterocycles. The Balaban J connectivity index is 3.82. The first-order valence-corrected chi connectivity index (χ1v) is 3.72. The minimum absolute atomic E-state index is 0.0292. The summed E-state index contributed by atoms with van der Waals surface area (Å²) in [5.74, 6) is -2.30. The maximum atomic E-state index is 10.9. The molecule has 13 heavy (non-hydrogen) atoms. The zero-order valence-electron chi connectivity index (χ0n) is 7.03. The Hall–Kier alpha value is -1.43. The van der Waals surface area contributed by atoms with Crippen LogP contribution in [0, 0.1) is 0 Å². The summed E-state index contributed by atoms with van der Waals surface area (Å²) in [7, 11) is 0. The lowest BCUT2D eigenvalue weighted by Gasteiger charge is -2.06. The number of ketones is 1. The molecule has 0 rings (SSSR count). The molecule has 6 heteroatoms. The predicted molar refractivity (Wildman–Crippen MR) is 43.7 cm³/mol. The number of aliphatic carboxylic acids is 1. The van der Waals surface area contributed by atoms with Crippen molar-refractivity contribution in [3.63, 3.8) is 0 Å². The standard InChI is InChI=1S/C7H12N2O4/c8-4(1-2-7(12)13)5(10)3-6(9)11/h4H,1-3,8H2,(H2,9,11)(H,12,13)/t4-/m0/s1. The Kier molecular flexibility index (Phi) is 4.68. The van der Waals surface area contributed by atoms with E-state index in [2.05, 4.69) is 0 Å². The van der Waals surface area contributed by atoms with Crippen molar-refractivity contribution in [3.05, 3.63) is 0 Å². The molecule has 5 N–H and O–H groups in total. The number of hydrogen-bond acceptors (Lipinski definition) is 4. The van der Waals surface area contributed by atoms with Gasteiger partial charge in [0.15, 0.2) is 5.78 Å². The predicted octanol–water partition coefficient (Wildman–Crippen LogP) is -1.38. The van der Waals surface area contributed by atoms with Crippen LogP contribution in [0.3, 0.4) is 0 Å². The lowest BCUT2D eigenvalue weighted by atomic mass is 10.1. The van der Waals surface area contributed by atoms with E-state index in [-0.39, 0.29) is 12.8 Å². The molecule has 0 aliphatic heterocycles. The van der Waals surface area contributed by atoms with E-state index in [4.69, 9.17) is 16.6 Å². The smallest absolute Gasteiger partial charge is 0.303 e. The van der Waals surface area contributed by atoms with Gasteiger partial charge >= 0.3 is 5.97 Å². The van der Waals surface area contributed by atoms with Gasteiger partial charge in [-0.05, 0) is 6.42 Å². The van der Waals surface area contributed by atoms with E-state index in [1.807, 2.05) is 0 Å². The lowest BCUT2D eigenvalue weighted by molar-refractivity contribution is -0.137. The number of hydrogen-bond donors (Lipinski definition) is 3. The molecule has 0 aromatic rings. The third-order valence-corrected chi connectivity index (χ3v) is 1.43. The molecule has 0 radical (unpaired) electrons. The first-order chi connectivity index (χ1) is 5.93. The summed E-state index contributed by atoms with van der Waals surface area (Å²) in [6.45, 7) is 0. The van der Waals surface area contributed by atoms with E-state index in [1.54, 1.807) is 0 Å². The minimum atomic E-state index is -1.03. The summed E-state index contributed by atoms with van der Waals surface area (Å²) in [6.07, 6.45) is -0.589. The van der Waals surface area contributed by atoms with Crippen molar-refractivity contribution in [1.82, 2.24) is 0 Å². The van der Waals surface area contributed by atoms with Crippen molar-refractivity contribution in [1.29, 1.82) is 0 Å². The molecular weight excluding hydrogens is 176 g/mol. The van der Waals surface area contributed by atoms with Crippen molar-refractivity contribution in [2.75, 3.05) is 0 Å². The van der Waals surface area contributed by atoms with Crippen molar-refractivity contribution >= 4 is 17.7 Å². The van der Waals surface area contributed by atoms with Crippen molar-refractivity contribution in [2.45, 2.75) is 25.3 Å². The lowest BCUT2D eigenvalue weighted by Crippen LogP contribution is -2.33. The van der Waals surface area contributed by atoms with Crippen LogP contribution in [0.5, 0.6) is 0 Å². The molecule has 0 saturated heterocycles. The topological polar surface area (TPSA) is 123 Å². The number of carboxylic acid groups (broad SMARTS) is 1. The van der Waals surface area contributed by atoms with Gasteiger partial charge in [-0.1, -0.05) is 0 Å². The van der Waals surface area contributed by atoms with Gasteiger partial charge in [0.25, 0.3) is 0 Å². The highest BCUT2D eigenvalue weighted by atomic mass is 16.4. The van der Waals surface area contributed by atoms with Crippen LogP contribution < -0.4 is 11.5 Å². The zero-order chi connectivity index (χ0) is 10.4. The van der Waals surface area contributed by atoms with Gasteiger partial charge in [0.05, 0.1) is 12.5 Å². The Morgan fingerprint density at radius 3 is 2.23 bits per heavy atom. The monoisotopic (exact) mass is 188 g/mol. The minimum Gasteiger partial charge on any atom is -0.481 e. The Morgan fingerprint density at radius 1 is 1.31 bits per heavy atom. The average molecular weight is 188 g/mol. The van der Waals surface area contributed by atoms with Gasteiger partial charge in [-0.3, -0.25) is 14.4 Å². The largest absolute Gasteiger partial charge is 0.481 e. The second-order valence-corrected chi connectivity index (χ2v) is 2.65. The fourth-order valence-electron chi connectivity index (χ4n) is 0.743. The SMILES string of the molecule is NC(=O)CC(=O)[C@@H](N)CCC(=O)O. The first kappa shape index (κ1) is 11.6. The summed E-state index contributed by atoms with van der Waals surface area (Å²) in [4.78, 5) is 31.3. The quantitative estimate of drug-likeness (QED) is 0.443. The second kappa shape index (κ2) is 5.26. The van der Waals surface area contributed by atoms with Crippen LogP contribution in [0.1, 0.15) is 19.3 Å². The molecule has 6 nitrogen and oxygen atoms in total. The molecule has 0 aliphatic rings. The maximum absolute atomic E-state index is 10.9. The van der Waals surface area contributed by atoms with Crippen LogP contribution in [0.4, 0.5) is 0 Å². The molecule has 1 atom stereocenters. The van der Waals surface area contributed by atoms with Crippen LogP contribution in [0.2, 0.25) is 0 Å². The van der Waals surface area contributed by atoms with Crippen LogP contribution >= 0.6 is 0 Å². The summed E-state index contributed by atoms with van der Waals surface area (Å²) in [5.41, 5.74) is 10.0. The van der Waals surface area contributed by atoms with E-state index >= 15 is 0 Å². The van der Waals surface area contributed by atoms with Gasteiger partial charge in [-0.25, -0.2) is 0 Å². The molecule has 0 bridgehead atoms. The number of rotatable bonds is 6. The Bertz CT molecular complexity index is 227. The number of primary amides is 1. The fourth-order valence-corrected chi connectivity index (χ4v) is 0.743. The van der Waals surface area contributed by atoms with Gasteiger partial charge in [0.1, 0.15) is 0 Å². The van der Waals surface area contributed by atoms with E-state index in [0.717, 1.165) is 0 Å². The van der Waals surface area contributed by atoms with Gasteiger partial charge in [0, 0.05) is 6.42 Å². The maximum Gasteiger partial charge on any atom is 0.303 e. The third-order valence-electron chi connectivity index (χ3n) is 1.43. The van der Waals surface area contributed by atoms with Gasteiger partial charge in [-0.2, -0.15) is 0 Å². The van der Waals surface area contributed by atoms with E-state index in [9.17, 15) is 14.4 Å². The molecule has 0 aliphatic carbocycles. The Morgan fingerprint density at radius 2 is 1.85 bits per heavy atom. The van der Waals surface area contributed by atoms with E-state index < -0.39 is 30.1 Å². The molecular formula is C7H12N2O4. The number of carbonyl (C=O) groups excluding carboxylic acids is 2. The Labute approximate surface area is 74.9 Å². The van der Waals surface area contributed by atoms with E-state index in [1.165, 1.54) is 0 Å². The molecule has 0 aromatic carbocycles. The summed E-state index contributed by atoms with van der Waals surface area (Å²) >= 11 is 0. The number of amides is 1. The molecule has 0 spiro atoms. The summed E-state index contributed by atoms with van der Waals surface area (Å²) in [6, 6.07) is -0.913. The number of carbonyl (C=O) groups is 3. The van der Waals surface area contributed by atoms with Crippen molar-refractivity contribution < 1.29 is 19.5 Å². The van der Waals surface area contributed by atoms with Gasteiger partial charge < -0.3 is 16.6 Å². The number of nitrogens with two attached hydrogens (primary N) is 2. The number of Topliss-reactive ketones (excluding diaryl/α,β-unsaturated/α-hetero) is 1. The molecule has 0 unspecified atom stereocenters. The van der Waals surface area contributed by atoms with Gasteiger partial charge in [0.2, 0.25) is 5.91 Å². The van der Waals surface area contributed by atoms with Gasteiger partial charge in [-0.15, -0.1) is 0 Å². The normalized spacial score (nSPS) is 12.1. The van der Waals surface area contributed by atoms with Crippen molar-refractivity contribution in [2.24, 2.45) is 11.5 Å². The third kappa shape index (κ3) is 5.80. The van der Waals surface area contributed by atoms with Crippen molar-refractivity contribution in [3.8, 4) is 0 Å². The fraction of sp³-hybridized carbons (Fsp3) is 0.571. The average Bonchev–Trinajstić information content (AvgIpc) is 1.98. The van der Waals surface area contributed by atoms with E-state index in [0.29, 0.717) is 0 Å². The highest BCUT2D eigenvalue weighted by Gasteiger charge is 2.16. The molecule has 0 fully saturated rings. The highest BCUT2D eigenvalue weighted by molar-refractivity contribution is 5.99.